The van der Waals surface area contributed by atoms with Crippen molar-refractivity contribution in [2.45, 2.75) is 6.92 Å². The molecule has 0 heterocycles. The number of nitrogens with one attached hydrogen (secondary N) is 1. The zero-order chi connectivity index (χ0) is 12.3. The number of anilines is 1. The number of hydrogen-bond acceptors (Lipinski definition) is 2. The van der Waals surface area contributed by atoms with Crippen molar-refractivity contribution < 1.29 is 4.79 Å². The summed E-state index contributed by atoms with van der Waals surface area (Å²) in [6.45, 7) is 5.92. The molecule has 0 aliphatic heterocycles. The normalized spacial score (nSPS) is 9.94. The number of nitrogens with two attached hydrogens (primary N) is 1. The maximum atomic E-state index is 11.7. The van der Waals surface area contributed by atoms with E-state index < -0.39 is 0 Å². The van der Waals surface area contributed by atoms with Gasteiger partial charge in [0.15, 0.2) is 0 Å². The van der Waals surface area contributed by atoms with Crippen LogP contribution in [0.1, 0.15) is 17.3 Å². The van der Waals surface area contributed by atoms with E-state index in [0.717, 1.165) is 5.57 Å². The Kier molecular flexibility index (Phi) is 4.21. The average molecular weight is 259 g/mol. The van der Waals surface area contributed by atoms with E-state index in [4.69, 9.17) is 28.9 Å². The molecule has 1 amide bonds. The van der Waals surface area contributed by atoms with E-state index in [2.05, 4.69) is 11.9 Å². The summed E-state index contributed by atoms with van der Waals surface area (Å²) in [5.41, 5.74) is 7.08. The lowest BCUT2D eigenvalue weighted by Crippen LogP contribution is -2.24. The second kappa shape index (κ2) is 5.23. The van der Waals surface area contributed by atoms with Crippen LogP contribution in [0.3, 0.4) is 0 Å². The van der Waals surface area contributed by atoms with E-state index in [-0.39, 0.29) is 21.6 Å². The molecule has 3 nitrogen and oxygen atoms in total. The van der Waals surface area contributed by atoms with Gasteiger partial charge in [-0.25, -0.2) is 0 Å². The molecular weight excluding hydrogens is 247 g/mol. The molecule has 1 aromatic rings. The Balaban J connectivity index is 2.88. The van der Waals surface area contributed by atoms with Gasteiger partial charge >= 0.3 is 0 Å². The van der Waals surface area contributed by atoms with Crippen LogP contribution in [0, 0.1) is 0 Å². The highest BCUT2D eigenvalue weighted by molar-refractivity contribution is 6.39. The first-order valence-electron chi connectivity index (χ1n) is 4.59. The first kappa shape index (κ1) is 12.9. The smallest absolute Gasteiger partial charge is 0.251 e. The summed E-state index contributed by atoms with van der Waals surface area (Å²) in [7, 11) is 0. The fourth-order valence-corrected chi connectivity index (χ4v) is 1.54. The largest absolute Gasteiger partial charge is 0.396 e. The first-order valence-corrected chi connectivity index (χ1v) is 5.34. The number of halogens is 2. The second-order valence-electron chi connectivity index (χ2n) is 3.49. The van der Waals surface area contributed by atoms with Gasteiger partial charge in [0, 0.05) is 12.1 Å². The van der Waals surface area contributed by atoms with E-state index in [1.54, 1.807) is 0 Å². The Morgan fingerprint density at radius 3 is 2.38 bits per heavy atom. The fourth-order valence-electron chi connectivity index (χ4n) is 1.05. The molecule has 5 heteroatoms. The monoisotopic (exact) mass is 258 g/mol. The van der Waals surface area contributed by atoms with Crippen LogP contribution in [-0.4, -0.2) is 12.5 Å². The zero-order valence-electron chi connectivity index (χ0n) is 8.81. The van der Waals surface area contributed by atoms with Crippen molar-refractivity contribution in [1.82, 2.24) is 5.32 Å². The third-order valence-corrected chi connectivity index (χ3v) is 2.52. The van der Waals surface area contributed by atoms with E-state index in [1.807, 2.05) is 6.92 Å². The Morgan fingerprint density at radius 2 is 1.94 bits per heavy atom. The molecule has 86 valence electrons. The summed E-state index contributed by atoms with van der Waals surface area (Å²) < 4.78 is 0. The molecule has 3 N–H and O–H groups in total. The third kappa shape index (κ3) is 3.15. The zero-order valence-corrected chi connectivity index (χ0v) is 10.3. The van der Waals surface area contributed by atoms with E-state index in [1.165, 1.54) is 12.1 Å². The van der Waals surface area contributed by atoms with Gasteiger partial charge in [-0.3, -0.25) is 4.79 Å². The van der Waals surface area contributed by atoms with Crippen LogP contribution < -0.4 is 11.1 Å². The summed E-state index contributed by atoms with van der Waals surface area (Å²) in [6, 6.07) is 2.97. The van der Waals surface area contributed by atoms with Crippen molar-refractivity contribution in [1.29, 1.82) is 0 Å². The van der Waals surface area contributed by atoms with Gasteiger partial charge in [0.05, 0.1) is 15.7 Å². The highest BCUT2D eigenvalue weighted by atomic mass is 35.5. The number of hydrogen-bond donors (Lipinski definition) is 2. The number of benzene rings is 1. The van der Waals surface area contributed by atoms with Crippen molar-refractivity contribution in [3.8, 4) is 0 Å². The van der Waals surface area contributed by atoms with Crippen LogP contribution in [0.25, 0.3) is 0 Å². The molecule has 0 radical (unpaired) electrons. The van der Waals surface area contributed by atoms with Gasteiger partial charge in [-0.1, -0.05) is 35.4 Å². The summed E-state index contributed by atoms with van der Waals surface area (Å²) in [4.78, 5) is 11.7. The number of carbonyl (C=O) groups is 1. The van der Waals surface area contributed by atoms with E-state index >= 15 is 0 Å². The van der Waals surface area contributed by atoms with Gasteiger partial charge in [0.2, 0.25) is 0 Å². The van der Waals surface area contributed by atoms with Crippen molar-refractivity contribution in [3.05, 3.63) is 39.9 Å². The fraction of sp³-hybridized carbons (Fsp3) is 0.182. The SMILES string of the molecule is C=C(C)CNC(=O)c1cc(Cl)c(N)c(Cl)c1. The number of rotatable bonds is 3. The summed E-state index contributed by atoms with van der Waals surface area (Å²) in [5.74, 6) is -0.258. The molecular formula is C11H12Cl2N2O. The maximum absolute atomic E-state index is 11.7. The Morgan fingerprint density at radius 1 is 1.44 bits per heavy atom. The number of carbonyl (C=O) groups excluding carboxylic acids is 1. The summed E-state index contributed by atoms with van der Waals surface area (Å²) in [6.07, 6.45) is 0. The lowest BCUT2D eigenvalue weighted by molar-refractivity contribution is 0.0957. The summed E-state index contributed by atoms with van der Waals surface area (Å²) >= 11 is 11.6. The number of amides is 1. The summed E-state index contributed by atoms with van der Waals surface area (Å²) in [5, 5.41) is 3.22. The minimum absolute atomic E-state index is 0.258. The highest BCUT2D eigenvalue weighted by Gasteiger charge is 2.10. The van der Waals surface area contributed by atoms with Crippen molar-refractivity contribution in [2.24, 2.45) is 0 Å². The molecule has 0 atom stereocenters. The predicted molar refractivity (Wildman–Crippen MR) is 68.0 cm³/mol. The Hall–Kier alpha value is -1.19. The predicted octanol–water partition coefficient (Wildman–Crippen LogP) is 2.88. The molecule has 1 rings (SSSR count). The molecule has 16 heavy (non-hydrogen) atoms. The van der Waals surface area contributed by atoms with Gasteiger partial charge < -0.3 is 11.1 Å². The number of nitrogen functional groups attached to an aromatic ring is 1. The van der Waals surface area contributed by atoms with Crippen LogP contribution in [-0.2, 0) is 0 Å². The van der Waals surface area contributed by atoms with Crippen LogP contribution in [0.4, 0.5) is 5.69 Å². The van der Waals surface area contributed by atoms with E-state index in [9.17, 15) is 4.79 Å². The maximum Gasteiger partial charge on any atom is 0.251 e. The molecule has 0 bridgehead atoms. The molecule has 0 saturated heterocycles. The van der Waals surface area contributed by atoms with Gasteiger partial charge in [0.1, 0.15) is 0 Å². The minimum Gasteiger partial charge on any atom is -0.396 e. The molecule has 1 aromatic carbocycles. The lowest BCUT2D eigenvalue weighted by Gasteiger charge is -2.07. The first-order chi connectivity index (χ1) is 7.41. The molecule has 0 saturated carbocycles. The topological polar surface area (TPSA) is 55.1 Å². The van der Waals surface area contributed by atoms with Gasteiger partial charge in [-0.05, 0) is 19.1 Å². The van der Waals surface area contributed by atoms with Crippen LogP contribution in [0.2, 0.25) is 10.0 Å². The van der Waals surface area contributed by atoms with Crippen LogP contribution in [0.15, 0.2) is 24.3 Å². The van der Waals surface area contributed by atoms with Crippen LogP contribution in [0.5, 0.6) is 0 Å². The molecule has 0 aliphatic carbocycles. The molecule has 0 fully saturated rings. The average Bonchev–Trinajstić information content (AvgIpc) is 2.21. The van der Waals surface area contributed by atoms with Gasteiger partial charge in [0.25, 0.3) is 5.91 Å². The molecule has 0 aromatic heterocycles. The van der Waals surface area contributed by atoms with Gasteiger partial charge in [-0.15, -0.1) is 0 Å². The lowest BCUT2D eigenvalue weighted by atomic mass is 10.2. The van der Waals surface area contributed by atoms with Crippen molar-refractivity contribution in [3.63, 3.8) is 0 Å². The Bertz CT molecular complexity index is 421. The standard InChI is InChI=1S/C11H12Cl2N2O/c1-6(2)5-15-11(16)7-3-8(12)10(14)9(13)4-7/h3-4H,1,5,14H2,2H3,(H,15,16). The Labute approximate surface area is 104 Å². The van der Waals surface area contributed by atoms with Gasteiger partial charge in [-0.2, -0.15) is 0 Å². The molecule has 0 aliphatic rings. The quantitative estimate of drug-likeness (QED) is 0.647. The van der Waals surface area contributed by atoms with E-state index in [0.29, 0.717) is 12.1 Å². The molecule has 0 spiro atoms. The van der Waals surface area contributed by atoms with Crippen molar-refractivity contribution in [2.75, 3.05) is 12.3 Å². The molecule has 0 unspecified atom stereocenters. The second-order valence-corrected chi connectivity index (χ2v) is 4.31. The van der Waals surface area contributed by atoms with Crippen molar-refractivity contribution >= 4 is 34.8 Å². The highest BCUT2D eigenvalue weighted by Crippen LogP contribution is 2.28. The van der Waals surface area contributed by atoms with Crippen LogP contribution >= 0.6 is 23.2 Å². The minimum atomic E-state index is -0.258. The third-order valence-electron chi connectivity index (χ3n) is 1.89.